The van der Waals surface area contributed by atoms with E-state index in [1.807, 2.05) is 42.5 Å². The quantitative estimate of drug-likeness (QED) is 0.841. The molecule has 126 valence electrons. The van der Waals surface area contributed by atoms with Crippen LogP contribution in [0.2, 0.25) is 0 Å². The highest BCUT2D eigenvalue weighted by atomic mass is 16.7. The normalized spacial score (nSPS) is 16.6. The smallest absolute Gasteiger partial charge is 0.276 e. The Morgan fingerprint density at radius 2 is 1.96 bits per heavy atom. The number of methoxy groups -OCH3 is 1. The number of anilines is 1. The van der Waals surface area contributed by atoms with Crippen LogP contribution in [0.25, 0.3) is 6.08 Å². The van der Waals surface area contributed by atoms with E-state index < -0.39 is 0 Å². The zero-order valence-corrected chi connectivity index (χ0v) is 13.4. The van der Waals surface area contributed by atoms with Gasteiger partial charge in [0.2, 0.25) is 12.8 Å². The van der Waals surface area contributed by atoms with E-state index in [1.54, 1.807) is 13.2 Å². The summed E-state index contributed by atoms with van der Waals surface area (Å²) in [6, 6.07) is 12.8. The predicted octanol–water partition coefficient (Wildman–Crippen LogP) is 2.36. The number of amides is 1. The van der Waals surface area contributed by atoms with Crippen LogP contribution in [0.15, 0.2) is 53.2 Å². The monoisotopic (exact) mass is 337 g/mol. The second-order valence-electron chi connectivity index (χ2n) is 5.41. The van der Waals surface area contributed by atoms with Gasteiger partial charge < -0.3 is 19.5 Å². The first-order valence-corrected chi connectivity index (χ1v) is 7.64. The van der Waals surface area contributed by atoms with E-state index in [4.69, 9.17) is 14.2 Å². The van der Waals surface area contributed by atoms with Crippen molar-refractivity contribution in [2.75, 3.05) is 19.2 Å². The standard InChI is InChI=1S/C18H15N3O4/c1-23-13-5-3-12(4-6-13)19-18-20-14(17(22)21-18)8-11-2-7-15-16(9-11)25-10-24-15/h2-9H,10H2,1H3,(H2,19,20,21,22)/b14-8-. The lowest BCUT2D eigenvalue weighted by atomic mass is 10.1. The molecular formula is C18H15N3O4. The lowest BCUT2D eigenvalue weighted by molar-refractivity contribution is -0.115. The summed E-state index contributed by atoms with van der Waals surface area (Å²) in [5, 5.41) is 5.76. The van der Waals surface area contributed by atoms with Gasteiger partial charge in [-0.15, -0.1) is 0 Å². The van der Waals surface area contributed by atoms with E-state index in [0.717, 1.165) is 17.0 Å². The molecule has 2 aromatic carbocycles. The van der Waals surface area contributed by atoms with Crippen LogP contribution in [-0.4, -0.2) is 25.8 Å². The number of nitrogens with one attached hydrogen (secondary N) is 2. The number of fused-ring (bicyclic) bond motifs is 1. The van der Waals surface area contributed by atoms with Crippen LogP contribution >= 0.6 is 0 Å². The molecule has 4 rings (SSSR count). The molecule has 7 heteroatoms. The molecule has 0 spiro atoms. The minimum atomic E-state index is -0.270. The Hall–Kier alpha value is -3.48. The number of nitrogens with zero attached hydrogens (tertiary/aromatic N) is 1. The Bertz CT molecular complexity index is 888. The first-order valence-electron chi connectivity index (χ1n) is 7.64. The maximum absolute atomic E-state index is 12.1. The van der Waals surface area contributed by atoms with Crippen molar-refractivity contribution in [3.05, 3.63) is 53.7 Å². The number of hydrogen-bond acceptors (Lipinski definition) is 6. The number of carbonyl (C=O) groups is 1. The maximum Gasteiger partial charge on any atom is 0.276 e. The van der Waals surface area contributed by atoms with Gasteiger partial charge in [0.1, 0.15) is 11.4 Å². The topological polar surface area (TPSA) is 81.2 Å². The molecule has 0 bridgehead atoms. The fourth-order valence-electron chi connectivity index (χ4n) is 2.50. The van der Waals surface area contributed by atoms with Crippen LogP contribution in [0.3, 0.4) is 0 Å². The van der Waals surface area contributed by atoms with Crippen LogP contribution < -0.4 is 24.8 Å². The molecule has 0 aromatic heterocycles. The van der Waals surface area contributed by atoms with Crippen LogP contribution in [0, 0.1) is 0 Å². The number of ether oxygens (including phenoxy) is 3. The van der Waals surface area contributed by atoms with Crippen LogP contribution in [0.1, 0.15) is 5.56 Å². The summed E-state index contributed by atoms with van der Waals surface area (Å²) in [5.74, 6) is 2.22. The molecule has 2 heterocycles. The van der Waals surface area contributed by atoms with Gasteiger partial charge in [-0.25, -0.2) is 4.99 Å². The van der Waals surface area contributed by atoms with Gasteiger partial charge >= 0.3 is 0 Å². The Morgan fingerprint density at radius 1 is 1.16 bits per heavy atom. The van der Waals surface area contributed by atoms with Crippen molar-refractivity contribution >= 4 is 23.6 Å². The summed E-state index contributed by atoms with van der Waals surface area (Å²) >= 11 is 0. The van der Waals surface area contributed by atoms with Gasteiger partial charge in [0.25, 0.3) is 5.91 Å². The van der Waals surface area contributed by atoms with Gasteiger partial charge in [0.05, 0.1) is 7.11 Å². The first-order chi connectivity index (χ1) is 12.2. The third-order valence-electron chi connectivity index (χ3n) is 3.75. The van der Waals surface area contributed by atoms with Crippen LogP contribution in [0.5, 0.6) is 17.2 Å². The van der Waals surface area contributed by atoms with E-state index in [-0.39, 0.29) is 12.7 Å². The number of rotatable bonds is 3. The van der Waals surface area contributed by atoms with Crippen LogP contribution in [-0.2, 0) is 4.79 Å². The van der Waals surface area contributed by atoms with E-state index in [9.17, 15) is 4.79 Å². The molecule has 0 saturated heterocycles. The van der Waals surface area contributed by atoms with Gasteiger partial charge in [-0.05, 0) is 48.0 Å². The molecule has 2 aromatic rings. The minimum Gasteiger partial charge on any atom is -0.497 e. The second-order valence-corrected chi connectivity index (χ2v) is 5.41. The zero-order valence-electron chi connectivity index (χ0n) is 13.4. The fraction of sp³-hybridized carbons (Fsp3) is 0.111. The molecule has 7 nitrogen and oxygen atoms in total. The Balaban J connectivity index is 1.53. The summed E-state index contributed by atoms with van der Waals surface area (Å²) in [5.41, 5.74) is 1.92. The largest absolute Gasteiger partial charge is 0.497 e. The van der Waals surface area contributed by atoms with Crippen molar-refractivity contribution in [3.63, 3.8) is 0 Å². The highest BCUT2D eigenvalue weighted by Gasteiger charge is 2.21. The highest BCUT2D eigenvalue weighted by molar-refractivity contribution is 6.17. The molecule has 2 aliphatic heterocycles. The molecule has 0 unspecified atom stereocenters. The fourth-order valence-corrected chi connectivity index (χ4v) is 2.50. The number of hydrogen-bond donors (Lipinski definition) is 2. The Labute approximate surface area is 143 Å². The minimum absolute atomic E-state index is 0.212. The molecule has 2 N–H and O–H groups in total. The van der Waals surface area contributed by atoms with Gasteiger partial charge in [0.15, 0.2) is 11.5 Å². The second kappa shape index (κ2) is 6.20. The number of carbonyl (C=O) groups excluding carboxylic acids is 1. The summed E-state index contributed by atoms with van der Waals surface area (Å²) in [6.07, 6.45) is 1.69. The third-order valence-corrected chi connectivity index (χ3v) is 3.75. The summed E-state index contributed by atoms with van der Waals surface area (Å²) < 4.78 is 15.7. The summed E-state index contributed by atoms with van der Waals surface area (Å²) in [7, 11) is 1.61. The molecular weight excluding hydrogens is 322 g/mol. The average Bonchev–Trinajstić information content (AvgIpc) is 3.22. The highest BCUT2D eigenvalue weighted by Crippen LogP contribution is 2.33. The molecule has 0 saturated carbocycles. The first kappa shape index (κ1) is 15.1. The van der Waals surface area contributed by atoms with Crippen molar-refractivity contribution in [1.82, 2.24) is 5.32 Å². The molecule has 0 fully saturated rings. The van der Waals surface area contributed by atoms with E-state index in [2.05, 4.69) is 15.6 Å². The number of benzene rings is 2. The Kier molecular flexibility index (Phi) is 3.74. The SMILES string of the molecule is COc1ccc(NC2=N/C(=C\c3ccc4c(c3)OCO4)C(=O)N2)cc1. The van der Waals surface area contributed by atoms with Crippen molar-refractivity contribution in [3.8, 4) is 17.2 Å². The van der Waals surface area contributed by atoms with Gasteiger partial charge in [0, 0.05) is 5.69 Å². The third kappa shape index (κ3) is 3.12. The summed E-state index contributed by atoms with van der Waals surface area (Å²) in [6.45, 7) is 0.212. The van der Waals surface area contributed by atoms with Gasteiger partial charge in [-0.1, -0.05) is 6.07 Å². The predicted molar refractivity (Wildman–Crippen MR) is 92.7 cm³/mol. The van der Waals surface area contributed by atoms with Crippen molar-refractivity contribution in [2.24, 2.45) is 4.99 Å². The lowest BCUT2D eigenvalue weighted by Gasteiger charge is -2.06. The van der Waals surface area contributed by atoms with Gasteiger partial charge in [-0.2, -0.15) is 0 Å². The van der Waals surface area contributed by atoms with Crippen molar-refractivity contribution in [1.29, 1.82) is 0 Å². The average molecular weight is 337 g/mol. The van der Waals surface area contributed by atoms with E-state index >= 15 is 0 Å². The molecule has 0 atom stereocenters. The van der Waals surface area contributed by atoms with Crippen LogP contribution in [0.4, 0.5) is 5.69 Å². The molecule has 0 aliphatic carbocycles. The molecule has 0 radical (unpaired) electrons. The van der Waals surface area contributed by atoms with Gasteiger partial charge in [-0.3, -0.25) is 10.1 Å². The van der Waals surface area contributed by atoms with Crippen molar-refractivity contribution in [2.45, 2.75) is 0 Å². The van der Waals surface area contributed by atoms with E-state index in [1.165, 1.54) is 0 Å². The molecule has 25 heavy (non-hydrogen) atoms. The van der Waals surface area contributed by atoms with E-state index in [0.29, 0.717) is 23.2 Å². The van der Waals surface area contributed by atoms with Crippen molar-refractivity contribution < 1.29 is 19.0 Å². The molecule has 2 aliphatic rings. The number of guanidine groups is 1. The Morgan fingerprint density at radius 3 is 2.76 bits per heavy atom. The summed E-state index contributed by atoms with van der Waals surface area (Å²) in [4.78, 5) is 16.4. The number of aliphatic imine (C=N–C) groups is 1. The zero-order chi connectivity index (χ0) is 17.2. The lowest BCUT2D eigenvalue weighted by Crippen LogP contribution is -2.29. The molecule has 1 amide bonds. The maximum atomic E-state index is 12.1.